The molecule has 0 bridgehead atoms. The average molecular weight is 372 g/mol. The zero-order chi connectivity index (χ0) is 20.1. The van der Waals surface area contributed by atoms with E-state index in [9.17, 15) is 9.59 Å². The Morgan fingerprint density at radius 1 is 1.18 bits per heavy atom. The Morgan fingerprint density at radius 2 is 1.89 bits per heavy atom. The van der Waals surface area contributed by atoms with Gasteiger partial charge in [0.25, 0.3) is 0 Å². The second-order valence-corrected chi connectivity index (χ2v) is 7.64. The van der Waals surface area contributed by atoms with Crippen LogP contribution < -0.4 is 4.90 Å². The van der Waals surface area contributed by atoms with Crippen LogP contribution >= 0.6 is 0 Å². The number of aromatic nitrogens is 2. The molecule has 2 heterocycles. The predicted molar refractivity (Wildman–Crippen MR) is 105 cm³/mol. The Morgan fingerprint density at radius 3 is 2.50 bits per heavy atom. The standard InChI is InChI=1S/C22H20N4O2/c1-21(2)17-10-12-26(20-24-11-13-25(20)4)19(28)22(17,14-16(23-3)18(21)27)15-8-6-5-7-9-15/h5-11,13-14H,12H2,1-2,4H3/t22-/m0/s1. The summed E-state index contributed by atoms with van der Waals surface area (Å²) in [6.45, 7) is 11.4. The van der Waals surface area contributed by atoms with Gasteiger partial charge in [-0.3, -0.25) is 9.69 Å². The lowest BCUT2D eigenvalue weighted by Crippen LogP contribution is -2.57. The number of Topliss-reactive ketones (excluding diaryl/α,β-unsaturated/α-hetero) is 1. The third kappa shape index (κ3) is 2.23. The number of ketones is 1. The van der Waals surface area contributed by atoms with Gasteiger partial charge in [0.1, 0.15) is 5.41 Å². The van der Waals surface area contributed by atoms with E-state index in [1.807, 2.05) is 43.5 Å². The van der Waals surface area contributed by atoms with E-state index < -0.39 is 10.8 Å². The number of hydrogen-bond acceptors (Lipinski definition) is 3. The van der Waals surface area contributed by atoms with E-state index in [-0.39, 0.29) is 17.4 Å². The summed E-state index contributed by atoms with van der Waals surface area (Å²) >= 11 is 0. The maximum absolute atomic E-state index is 14.0. The number of fused-ring (bicyclic) bond motifs is 1. The van der Waals surface area contributed by atoms with Crippen LogP contribution in [0.2, 0.25) is 0 Å². The number of aryl methyl sites for hydroxylation is 1. The Balaban J connectivity index is 2.05. The summed E-state index contributed by atoms with van der Waals surface area (Å²) in [4.78, 5) is 36.3. The lowest BCUT2D eigenvalue weighted by atomic mass is 9.57. The molecule has 1 aliphatic heterocycles. The van der Waals surface area contributed by atoms with E-state index in [1.165, 1.54) is 0 Å². The molecule has 0 unspecified atom stereocenters. The van der Waals surface area contributed by atoms with E-state index in [0.29, 0.717) is 12.5 Å². The largest absolute Gasteiger partial charge is 0.320 e. The van der Waals surface area contributed by atoms with Gasteiger partial charge in [0.2, 0.25) is 17.6 Å². The summed E-state index contributed by atoms with van der Waals surface area (Å²) in [6, 6.07) is 9.36. The Hall–Kier alpha value is -3.46. The highest BCUT2D eigenvalue weighted by Crippen LogP contribution is 2.52. The van der Waals surface area contributed by atoms with Crippen molar-refractivity contribution in [3.63, 3.8) is 0 Å². The van der Waals surface area contributed by atoms with E-state index in [4.69, 9.17) is 6.57 Å². The molecule has 6 heteroatoms. The van der Waals surface area contributed by atoms with Gasteiger partial charge in [0, 0.05) is 31.4 Å². The molecule has 0 spiro atoms. The first-order chi connectivity index (χ1) is 13.3. The van der Waals surface area contributed by atoms with Crippen LogP contribution in [0.15, 0.2) is 66.1 Å². The molecule has 1 atom stereocenters. The van der Waals surface area contributed by atoms with Gasteiger partial charge >= 0.3 is 0 Å². The maximum atomic E-state index is 14.0. The summed E-state index contributed by atoms with van der Waals surface area (Å²) < 4.78 is 1.79. The van der Waals surface area contributed by atoms with E-state index >= 15 is 0 Å². The van der Waals surface area contributed by atoms with Crippen molar-refractivity contribution < 1.29 is 9.59 Å². The molecule has 1 amide bonds. The molecule has 2 aromatic rings. The van der Waals surface area contributed by atoms with Crippen LogP contribution in [0.25, 0.3) is 4.85 Å². The van der Waals surface area contributed by atoms with Gasteiger partial charge in [-0.05, 0) is 11.1 Å². The molecule has 4 rings (SSSR count). The van der Waals surface area contributed by atoms with Crippen LogP contribution in [-0.4, -0.2) is 27.8 Å². The molecule has 0 saturated carbocycles. The molecule has 0 fully saturated rings. The first-order valence-electron chi connectivity index (χ1n) is 9.05. The van der Waals surface area contributed by atoms with Crippen molar-refractivity contribution in [2.24, 2.45) is 12.5 Å². The van der Waals surface area contributed by atoms with E-state index in [2.05, 4.69) is 9.83 Å². The fraction of sp³-hybridized carbons (Fsp3) is 0.273. The molecular formula is C22H20N4O2. The number of amides is 1. The Bertz CT molecular complexity index is 1090. The molecule has 0 saturated heterocycles. The number of anilines is 1. The highest BCUT2D eigenvalue weighted by Gasteiger charge is 2.57. The molecule has 0 N–H and O–H groups in total. The number of allylic oxidation sites excluding steroid dienone is 1. The van der Waals surface area contributed by atoms with Crippen molar-refractivity contribution in [1.82, 2.24) is 9.55 Å². The number of benzene rings is 1. The molecule has 140 valence electrons. The number of nitrogens with zero attached hydrogens (tertiary/aromatic N) is 4. The smallest absolute Gasteiger partial charge is 0.247 e. The van der Waals surface area contributed by atoms with Crippen molar-refractivity contribution in [1.29, 1.82) is 0 Å². The first kappa shape index (κ1) is 17.9. The van der Waals surface area contributed by atoms with Crippen LogP contribution in [0.5, 0.6) is 0 Å². The van der Waals surface area contributed by atoms with Crippen molar-refractivity contribution in [2.45, 2.75) is 19.3 Å². The molecule has 1 aromatic heterocycles. The van der Waals surface area contributed by atoms with E-state index in [1.54, 1.807) is 41.8 Å². The average Bonchev–Trinajstić information content (AvgIpc) is 3.12. The minimum atomic E-state index is -1.21. The van der Waals surface area contributed by atoms with Crippen molar-refractivity contribution in [3.8, 4) is 0 Å². The van der Waals surface area contributed by atoms with Gasteiger partial charge in [0.05, 0.1) is 6.57 Å². The van der Waals surface area contributed by atoms with Crippen LogP contribution in [0.3, 0.4) is 0 Å². The summed E-state index contributed by atoms with van der Waals surface area (Å²) in [7, 11) is 1.83. The van der Waals surface area contributed by atoms with Crippen LogP contribution in [0.1, 0.15) is 19.4 Å². The fourth-order valence-corrected chi connectivity index (χ4v) is 4.29. The van der Waals surface area contributed by atoms with Gasteiger partial charge in [-0.2, -0.15) is 0 Å². The predicted octanol–water partition coefficient (Wildman–Crippen LogP) is 3.04. The Kier molecular flexibility index (Phi) is 3.86. The lowest BCUT2D eigenvalue weighted by Gasteiger charge is -2.48. The van der Waals surface area contributed by atoms with Crippen molar-refractivity contribution in [2.75, 3.05) is 11.4 Å². The summed E-state index contributed by atoms with van der Waals surface area (Å²) in [6.07, 6.45) is 6.92. The van der Waals surface area contributed by atoms with E-state index in [0.717, 1.165) is 11.1 Å². The van der Waals surface area contributed by atoms with Crippen molar-refractivity contribution >= 4 is 17.6 Å². The molecule has 0 radical (unpaired) electrons. The summed E-state index contributed by atoms with van der Waals surface area (Å²) in [5.74, 6) is 0.0776. The highest BCUT2D eigenvalue weighted by molar-refractivity contribution is 6.14. The first-order valence-corrected chi connectivity index (χ1v) is 9.05. The monoisotopic (exact) mass is 372 g/mol. The van der Waals surface area contributed by atoms with Gasteiger partial charge in [-0.15, -0.1) is 0 Å². The van der Waals surface area contributed by atoms with Gasteiger partial charge in [-0.25, -0.2) is 9.83 Å². The number of rotatable bonds is 2. The maximum Gasteiger partial charge on any atom is 0.247 e. The Labute approximate surface area is 163 Å². The SMILES string of the molecule is [C-]#[N+]C1=C[C@@]2(c3ccccc3)C(=O)N(c3nccn3C)CC=C2C(C)(C)C1=O. The molecule has 1 aliphatic carbocycles. The molecule has 6 nitrogen and oxygen atoms in total. The summed E-state index contributed by atoms with van der Waals surface area (Å²) in [5.41, 5.74) is -0.691. The second kappa shape index (κ2) is 6.03. The van der Waals surface area contributed by atoms with Crippen LogP contribution in [-0.2, 0) is 22.1 Å². The number of hydrogen-bond donors (Lipinski definition) is 0. The molecule has 2 aliphatic rings. The lowest BCUT2D eigenvalue weighted by molar-refractivity contribution is -0.125. The van der Waals surface area contributed by atoms with Crippen LogP contribution in [0.4, 0.5) is 5.95 Å². The van der Waals surface area contributed by atoms with Gasteiger partial charge in [0.15, 0.2) is 5.78 Å². The zero-order valence-corrected chi connectivity index (χ0v) is 16.0. The zero-order valence-electron chi connectivity index (χ0n) is 16.0. The summed E-state index contributed by atoms with van der Waals surface area (Å²) in [5, 5.41) is 0. The van der Waals surface area contributed by atoms with Crippen molar-refractivity contribution in [3.05, 3.63) is 83.1 Å². The number of imidazole rings is 1. The molecule has 1 aromatic carbocycles. The van der Waals surface area contributed by atoms with Crippen LogP contribution in [0, 0.1) is 12.0 Å². The third-order valence-corrected chi connectivity index (χ3v) is 5.70. The number of carbonyl (C=O) groups excluding carboxylic acids is 2. The third-order valence-electron chi connectivity index (χ3n) is 5.70. The molecular weight excluding hydrogens is 352 g/mol. The van der Waals surface area contributed by atoms with Gasteiger partial charge < -0.3 is 9.36 Å². The minimum Gasteiger partial charge on any atom is -0.320 e. The topological polar surface area (TPSA) is 59.6 Å². The van der Waals surface area contributed by atoms with Gasteiger partial charge in [-0.1, -0.05) is 56.3 Å². The minimum absolute atomic E-state index is 0.000966. The molecule has 28 heavy (non-hydrogen) atoms. The number of carbonyl (C=O) groups is 2. The fourth-order valence-electron chi connectivity index (χ4n) is 4.29. The second-order valence-electron chi connectivity index (χ2n) is 7.64. The highest BCUT2D eigenvalue weighted by atomic mass is 16.2. The quantitative estimate of drug-likeness (QED) is 0.601. The normalized spacial score (nSPS) is 23.6.